The predicted octanol–water partition coefficient (Wildman–Crippen LogP) is 5.03. The molecule has 0 unspecified atom stereocenters. The molecule has 1 N–H and O–H groups in total. The van der Waals surface area contributed by atoms with Crippen molar-refractivity contribution in [2.24, 2.45) is 0 Å². The first kappa shape index (κ1) is 15.8. The maximum atomic E-state index is 12.3. The van der Waals surface area contributed by atoms with Crippen LogP contribution in [0.5, 0.6) is 0 Å². The number of thiophene rings is 1. The zero-order valence-corrected chi connectivity index (χ0v) is 15.9. The Labute approximate surface area is 149 Å². The van der Waals surface area contributed by atoms with E-state index >= 15 is 0 Å². The molecule has 6 heteroatoms. The van der Waals surface area contributed by atoms with Gasteiger partial charge in [0.25, 0.3) is 5.91 Å². The summed E-state index contributed by atoms with van der Waals surface area (Å²) in [5, 5.41) is 4.95. The van der Waals surface area contributed by atoms with Crippen molar-refractivity contribution in [3.63, 3.8) is 0 Å². The van der Waals surface area contributed by atoms with Crippen molar-refractivity contribution in [3.8, 4) is 0 Å². The van der Waals surface area contributed by atoms with Crippen LogP contribution in [-0.4, -0.2) is 17.0 Å². The van der Waals surface area contributed by atoms with Crippen molar-refractivity contribution in [1.82, 2.24) is 9.88 Å². The Morgan fingerprint density at radius 2 is 2.00 bits per heavy atom. The van der Waals surface area contributed by atoms with Crippen molar-refractivity contribution < 1.29 is 4.79 Å². The van der Waals surface area contributed by atoms with Crippen LogP contribution in [0.2, 0.25) is 0 Å². The summed E-state index contributed by atoms with van der Waals surface area (Å²) in [5.74, 6) is -0.0325. The molecule has 2 aromatic heterocycles. The highest BCUT2D eigenvalue weighted by Crippen LogP contribution is 2.33. The molecule has 3 nitrogen and oxygen atoms in total. The number of hydrogen-bond acceptors (Lipinski definition) is 2. The van der Waals surface area contributed by atoms with E-state index < -0.39 is 0 Å². The van der Waals surface area contributed by atoms with Crippen LogP contribution in [0.15, 0.2) is 44.7 Å². The minimum atomic E-state index is -0.0325. The molecular formula is C16H14Br2N2OS. The Hall–Kier alpha value is -1.11. The highest BCUT2D eigenvalue weighted by atomic mass is 79.9. The van der Waals surface area contributed by atoms with Crippen LogP contribution in [0.1, 0.15) is 23.0 Å². The van der Waals surface area contributed by atoms with E-state index in [1.807, 2.05) is 25.1 Å². The number of fused-ring (bicyclic) bond motifs is 1. The van der Waals surface area contributed by atoms with Crippen LogP contribution in [0.4, 0.5) is 0 Å². The molecule has 1 aromatic carbocycles. The van der Waals surface area contributed by atoms with Gasteiger partial charge in [-0.1, -0.05) is 28.1 Å². The molecule has 0 fully saturated rings. The second kappa shape index (κ2) is 6.56. The van der Waals surface area contributed by atoms with E-state index in [4.69, 9.17) is 0 Å². The second-order valence-corrected chi connectivity index (χ2v) is 7.58. The highest BCUT2D eigenvalue weighted by Gasteiger charge is 2.18. The van der Waals surface area contributed by atoms with Crippen LogP contribution >= 0.6 is 43.2 Å². The fraction of sp³-hybridized carbons (Fsp3) is 0.188. The zero-order valence-electron chi connectivity index (χ0n) is 11.9. The minimum absolute atomic E-state index is 0.0325. The molecule has 114 valence electrons. The molecule has 0 atom stereocenters. The summed E-state index contributed by atoms with van der Waals surface area (Å²) in [6.45, 7) is 3.22. The molecule has 0 radical (unpaired) electrons. The van der Waals surface area contributed by atoms with Gasteiger partial charge in [-0.25, -0.2) is 0 Å². The number of halogens is 2. The molecule has 0 aliphatic heterocycles. The number of nitrogens with zero attached hydrogens (tertiary/aromatic N) is 1. The van der Waals surface area contributed by atoms with E-state index in [2.05, 4.69) is 59.3 Å². The number of hydrogen-bond donors (Lipinski definition) is 1. The van der Waals surface area contributed by atoms with Crippen molar-refractivity contribution in [2.75, 3.05) is 6.54 Å². The third-order valence-electron chi connectivity index (χ3n) is 3.40. The quantitative estimate of drug-likeness (QED) is 0.605. The largest absolute Gasteiger partial charge is 0.351 e. The Morgan fingerprint density at radius 3 is 2.68 bits per heavy atom. The Bertz CT molecular complexity index is 821. The summed E-state index contributed by atoms with van der Waals surface area (Å²) in [4.78, 5) is 12.3. The van der Waals surface area contributed by atoms with Gasteiger partial charge in [0.2, 0.25) is 0 Å². The summed E-state index contributed by atoms with van der Waals surface area (Å²) in [6, 6.07) is 10.1. The van der Waals surface area contributed by atoms with Gasteiger partial charge in [0.05, 0.1) is 14.7 Å². The first-order valence-corrected chi connectivity index (χ1v) is 9.35. The van der Waals surface area contributed by atoms with E-state index in [1.54, 1.807) is 11.3 Å². The summed E-state index contributed by atoms with van der Waals surface area (Å²) in [7, 11) is 0. The van der Waals surface area contributed by atoms with Gasteiger partial charge in [0, 0.05) is 22.9 Å². The zero-order chi connectivity index (χ0) is 15.7. The summed E-state index contributed by atoms with van der Waals surface area (Å²) >= 11 is 8.69. The fourth-order valence-electron chi connectivity index (χ4n) is 2.41. The number of carbonyl (C=O) groups is 1. The maximum Gasteiger partial charge on any atom is 0.267 e. The van der Waals surface area contributed by atoms with E-state index in [1.165, 1.54) is 0 Å². The van der Waals surface area contributed by atoms with Gasteiger partial charge in [-0.3, -0.25) is 4.79 Å². The lowest BCUT2D eigenvalue weighted by molar-refractivity contribution is 0.0947. The van der Waals surface area contributed by atoms with Crippen LogP contribution in [0, 0.1) is 0 Å². The topological polar surface area (TPSA) is 34.0 Å². The van der Waals surface area contributed by atoms with E-state index in [9.17, 15) is 4.79 Å². The normalized spacial score (nSPS) is 11.0. The molecule has 0 bridgehead atoms. The molecule has 22 heavy (non-hydrogen) atoms. The summed E-state index contributed by atoms with van der Waals surface area (Å²) in [6.07, 6.45) is 0. The lowest BCUT2D eigenvalue weighted by atomic mass is 10.2. The standard InChI is InChI=1S/C16H14Br2N2OS/c1-2-19-16(21)13-7-14-15(12(18)9-22-14)20(13)8-10-3-5-11(17)6-4-10/h3-7,9H,2,8H2,1H3,(H,19,21). The monoisotopic (exact) mass is 440 g/mol. The van der Waals surface area contributed by atoms with Gasteiger partial charge in [0.15, 0.2) is 0 Å². The molecule has 1 amide bonds. The third-order valence-corrected chi connectivity index (χ3v) is 5.76. The summed E-state index contributed by atoms with van der Waals surface area (Å²) < 4.78 is 5.27. The highest BCUT2D eigenvalue weighted by molar-refractivity contribution is 9.11. The van der Waals surface area contributed by atoms with Crippen LogP contribution in [-0.2, 0) is 6.54 Å². The minimum Gasteiger partial charge on any atom is -0.351 e. The fourth-order valence-corrected chi connectivity index (χ4v) is 4.36. The third kappa shape index (κ3) is 3.00. The number of rotatable bonds is 4. The van der Waals surface area contributed by atoms with Crippen molar-refractivity contribution in [2.45, 2.75) is 13.5 Å². The molecule has 3 aromatic rings. The molecular weight excluding hydrogens is 428 g/mol. The van der Waals surface area contributed by atoms with Gasteiger partial charge in [-0.05, 0) is 46.6 Å². The Kier molecular flexibility index (Phi) is 4.70. The second-order valence-electron chi connectivity index (χ2n) is 4.90. The van der Waals surface area contributed by atoms with Gasteiger partial charge in [-0.15, -0.1) is 11.3 Å². The van der Waals surface area contributed by atoms with Crippen LogP contribution < -0.4 is 5.32 Å². The van der Waals surface area contributed by atoms with E-state index in [-0.39, 0.29) is 5.91 Å². The van der Waals surface area contributed by atoms with Crippen molar-refractivity contribution >= 4 is 59.3 Å². The Morgan fingerprint density at radius 1 is 1.27 bits per heavy atom. The van der Waals surface area contributed by atoms with Crippen molar-refractivity contribution in [3.05, 3.63) is 55.9 Å². The van der Waals surface area contributed by atoms with Gasteiger partial charge >= 0.3 is 0 Å². The lowest BCUT2D eigenvalue weighted by Gasteiger charge is -2.11. The van der Waals surface area contributed by atoms with Gasteiger partial charge in [-0.2, -0.15) is 0 Å². The van der Waals surface area contributed by atoms with E-state index in [0.717, 1.165) is 24.7 Å². The molecule has 0 aliphatic rings. The number of aromatic nitrogens is 1. The smallest absolute Gasteiger partial charge is 0.267 e. The SMILES string of the molecule is CCNC(=O)c1cc2scc(Br)c2n1Cc1ccc(Br)cc1. The molecule has 0 saturated heterocycles. The number of benzene rings is 1. The molecule has 2 heterocycles. The van der Waals surface area contributed by atoms with Crippen LogP contribution in [0.25, 0.3) is 10.2 Å². The number of amides is 1. The predicted molar refractivity (Wildman–Crippen MR) is 98.8 cm³/mol. The summed E-state index contributed by atoms with van der Waals surface area (Å²) in [5.41, 5.74) is 2.94. The first-order chi connectivity index (χ1) is 10.6. The van der Waals surface area contributed by atoms with Gasteiger partial charge < -0.3 is 9.88 Å². The molecule has 0 spiro atoms. The number of carbonyl (C=O) groups excluding carboxylic acids is 1. The van der Waals surface area contributed by atoms with Crippen LogP contribution in [0.3, 0.4) is 0 Å². The van der Waals surface area contributed by atoms with E-state index in [0.29, 0.717) is 18.8 Å². The Balaban J connectivity index is 2.08. The lowest BCUT2D eigenvalue weighted by Crippen LogP contribution is -2.25. The van der Waals surface area contributed by atoms with Gasteiger partial charge in [0.1, 0.15) is 5.69 Å². The maximum absolute atomic E-state index is 12.3. The average Bonchev–Trinajstić information content (AvgIpc) is 3.03. The average molecular weight is 442 g/mol. The molecule has 3 rings (SSSR count). The molecule has 0 saturated carbocycles. The first-order valence-electron chi connectivity index (χ1n) is 6.89. The number of nitrogens with one attached hydrogen (secondary N) is 1. The van der Waals surface area contributed by atoms with Crippen molar-refractivity contribution in [1.29, 1.82) is 0 Å². The molecule has 0 aliphatic carbocycles.